The van der Waals surface area contributed by atoms with Crippen molar-refractivity contribution < 1.29 is 9.59 Å². The molecular formula is C15H24ClN5O2. The van der Waals surface area contributed by atoms with Gasteiger partial charge in [0, 0.05) is 52.5 Å². The second-order valence-corrected chi connectivity index (χ2v) is 6.09. The predicted molar refractivity (Wildman–Crippen MR) is 88.5 cm³/mol. The smallest absolute Gasteiger partial charge is 0.274 e. The molecule has 0 saturated carbocycles. The van der Waals surface area contributed by atoms with Gasteiger partial charge in [-0.2, -0.15) is 0 Å². The molecule has 0 radical (unpaired) electrons. The van der Waals surface area contributed by atoms with Gasteiger partial charge >= 0.3 is 0 Å². The first-order valence-corrected chi connectivity index (χ1v) is 7.92. The van der Waals surface area contributed by atoms with Crippen LogP contribution in [0.15, 0.2) is 12.5 Å². The first-order valence-electron chi connectivity index (χ1n) is 7.92. The minimum atomic E-state index is -0.0709. The van der Waals surface area contributed by atoms with Crippen LogP contribution in [0.5, 0.6) is 0 Å². The Morgan fingerprint density at radius 2 is 1.96 bits per heavy atom. The Bertz CT molecular complexity index is 556. The van der Waals surface area contributed by atoms with Crippen molar-refractivity contribution in [2.24, 2.45) is 13.0 Å². The summed E-state index contributed by atoms with van der Waals surface area (Å²) in [7, 11) is 1.84. The largest absolute Gasteiger partial charge is 0.340 e. The molecule has 0 aliphatic carbocycles. The molecule has 128 valence electrons. The molecule has 1 aromatic rings. The topological polar surface area (TPSA) is 70.5 Å². The van der Waals surface area contributed by atoms with Gasteiger partial charge in [-0.3, -0.25) is 9.59 Å². The van der Waals surface area contributed by atoms with Gasteiger partial charge in [-0.25, -0.2) is 4.98 Å². The third-order valence-corrected chi connectivity index (χ3v) is 4.41. The SMILES string of the molecule is Cl.Cn1cnc(C(=O)N2CCCC(C(=O)N3CCNCC3)C2)c1. The lowest BCUT2D eigenvalue weighted by atomic mass is 9.96. The van der Waals surface area contributed by atoms with Gasteiger partial charge in [0.25, 0.3) is 5.91 Å². The molecule has 0 aromatic carbocycles. The number of nitrogens with one attached hydrogen (secondary N) is 1. The van der Waals surface area contributed by atoms with Crippen LogP contribution in [0.1, 0.15) is 23.3 Å². The number of carbonyl (C=O) groups excluding carboxylic acids is 2. The van der Waals surface area contributed by atoms with E-state index in [0.29, 0.717) is 18.8 Å². The Hall–Kier alpha value is -1.60. The highest BCUT2D eigenvalue weighted by Crippen LogP contribution is 2.20. The fourth-order valence-electron chi connectivity index (χ4n) is 3.19. The average Bonchev–Trinajstić information content (AvgIpc) is 3.01. The average molecular weight is 342 g/mol. The summed E-state index contributed by atoms with van der Waals surface area (Å²) in [6, 6.07) is 0. The van der Waals surface area contributed by atoms with Crippen LogP contribution in [-0.2, 0) is 11.8 Å². The van der Waals surface area contributed by atoms with E-state index in [0.717, 1.165) is 39.0 Å². The summed E-state index contributed by atoms with van der Waals surface area (Å²) in [5.41, 5.74) is 0.456. The second-order valence-electron chi connectivity index (χ2n) is 6.09. The molecule has 23 heavy (non-hydrogen) atoms. The molecule has 1 unspecified atom stereocenters. The lowest BCUT2D eigenvalue weighted by molar-refractivity contribution is -0.137. The fraction of sp³-hybridized carbons (Fsp3) is 0.667. The first-order chi connectivity index (χ1) is 10.6. The summed E-state index contributed by atoms with van der Waals surface area (Å²) in [4.78, 5) is 32.9. The van der Waals surface area contributed by atoms with E-state index in [9.17, 15) is 9.59 Å². The molecule has 2 aliphatic rings. The summed E-state index contributed by atoms with van der Waals surface area (Å²) in [5, 5.41) is 3.25. The van der Waals surface area contributed by atoms with Gasteiger partial charge < -0.3 is 19.7 Å². The number of carbonyl (C=O) groups is 2. The Kier molecular flexibility index (Phi) is 6.01. The van der Waals surface area contributed by atoms with Crippen LogP contribution in [0, 0.1) is 5.92 Å². The number of imidazole rings is 1. The number of halogens is 1. The quantitative estimate of drug-likeness (QED) is 0.830. The highest BCUT2D eigenvalue weighted by molar-refractivity contribution is 5.92. The highest BCUT2D eigenvalue weighted by Gasteiger charge is 2.32. The maximum atomic E-state index is 12.6. The van der Waals surface area contributed by atoms with E-state index in [-0.39, 0.29) is 30.1 Å². The zero-order valence-corrected chi connectivity index (χ0v) is 14.2. The molecule has 1 aromatic heterocycles. The van der Waals surface area contributed by atoms with Crippen LogP contribution in [-0.4, -0.2) is 70.4 Å². The first kappa shape index (κ1) is 17.7. The summed E-state index contributed by atoms with van der Waals surface area (Å²) >= 11 is 0. The number of hydrogen-bond acceptors (Lipinski definition) is 4. The Labute approximate surface area is 142 Å². The monoisotopic (exact) mass is 341 g/mol. The Balaban J connectivity index is 0.00000192. The zero-order chi connectivity index (χ0) is 15.5. The molecule has 2 fully saturated rings. The molecule has 1 atom stereocenters. The van der Waals surface area contributed by atoms with E-state index in [1.54, 1.807) is 22.0 Å². The molecule has 0 spiro atoms. The zero-order valence-electron chi connectivity index (χ0n) is 13.4. The van der Waals surface area contributed by atoms with Crippen LogP contribution in [0.2, 0.25) is 0 Å². The molecule has 3 heterocycles. The molecule has 3 rings (SSSR count). The molecule has 0 bridgehead atoms. The standard InChI is InChI=1S/C15H23N5O2.ClH/c1-18-10-13(17-11-18)15(22)20-6-2-3-12(9-20)14(21)19-7-4-16-5-8-19;/h10-12,16H,2-9H2,1H3;1H. The summed E-state index contributed by atoms with van der Waals surface area (Å²) < 4.78 is 1.76. The van der Waals surface area contributed by atoms with Crippen molar-refractivity contribution in [1.29, 1.82) is 0 Å². The van der Waals surface area contributed by atoms with Crippen molar-refractivity contribution in [1.82, 2.24) is 24.7 Å². The molecule has 2 aliphatic heterocycles. The van der Waals surface area contributed by atoms with E-state index in [1.165, 1.54) is 0 Å². The highest BCUT2D eigenvalue weighted by atomic mass is 35.5. The van der Waals surface area contributed by atoms with Gasteiger partial charge in [0.05, 0.1) is 12.2 Å². The fourth-order valence-corrected chi connectivity index (χ4v) is 3.19. The van der Waals surface area contributed by atoms with E-state index in [4.69, 9.17) is 0 Å². The number of piperazine rings is 1. The molecule has 7 nitrogen and oxygen atoms in total. The Morgan fingerprint density at radius 1 is 1.22 bits per heavy atom. The lowest BCUT2D eigenvalue weighted by Gasteiger charge is -2.36. The summed E-state index contributed by atoms with van der Waals surface area (Å²) in [6.45, 7) is 4.47. The molecule has 2 saturated heterocycles. The van der Waals surface area contributed by atoms with Crippen LogP contribution in [0.3, 0.4) is 0 Å². The van der Waals surface area contributed by atoms with Crippen molar-refractivity contribution in [3.8, 4) is 0 Å². The number of likely N-dealkylation sites (tertiary alicyclic amines) is 1. The normalized spacial score (nSPS) is 21.7. The van der Waals surface area contributed by atoms with Crippen molar-refractivity contribution in [3.63, 3.8) is 0 Å². The maximum absolute atomic E-state index is 12.6. The van der Waals surface area contributed by atoms with E-state index in [2.05, 4.69) is 10.3 Å². The van der Waals surface area contributed by atoms with E-state index >= 15 is 0 Å². The number of aryl methyl sites for hydroxylation is 1. The Morgan fingerprint density at radius 3 is 2.61 bits per heavy atom. The number of amides is 2. The van der Waals surface area contributed by atoms with Crippen molar-refractivity contribution in [2.45, 2.75) is 12.8 Å². The van der Waals surface area contributed by atoms with E-state index in [1.807, 2.05) is 11.9 Å². The number of hydrogen-bond donors (Lipinski definition) is 1. The van der Waals surface area contributed by atoms with Gasteiger partial charge in [-0.1, -0.05) is 0 Å². The minimum Gasteiger partial charge on any atom is -0.340 e. The maximum Gasteiger partial charge on any atom is 0.274 e. The third kappa shape index (κ3) is 4.03. The second kappa shape index (κ2) is 7.79. The minimum absolute atomic E-state index is 0. The predicted octanol–water partition coefficient (Wildman–Crippen LogP) is 0.126. The van der Waals surface area contributed by atoms with Crippen LogP contribution < -0.4 is 5.32 Å². The summed E-state index contributed by atoms with van der Waals surface area (Å²) in [5.74, 6) is 0.0537. The third-order valence-electron chi connectivity index (χ3n) is 4.41. The molecule has 8 heteroatoms. The van der Waals surface area contributed by atoms with Crippen molar-refractivity contribution in [3.05, 3.63) is 18.2 Å². The van der Waals surface area contributed by atoms with Gasteiger partial charge in [-0.15, -0.1) is 12.4 Å². The van der Waals surface area contributed by atoms with Gasteiger partial charge in [0.15, 0.2) is 0 Å². The summed E-state index contributed by atoms with van der Waals surface area (Å²) in [6.07, 6.45) is 5.10. The molecule has 1 N–H and O–H groups in total. The van der Waals surface area contributed by atoms with Gasteiger partial charge in [0.2, 0.25) is 5.91 Å². The van der Waals surface area contributed by atoms with Crippen LogP contribution >= 0.6 is 12.4 Å². The number of nitrogens with zero attached hydrogens (tertiary/aromatic N) is 4. The van der Waals surface area contributed by atoms with Crippen LogP contribution in [0.25, 0.3) is 0 Å². The van der Waals surface area contributed by atoms with Crippen molar-refractivity contribution in [2.75, 3.05) is 39.3 Å². The van der Waals surface area contributed by atoms with Gasteiger partial charge in [-0.05, 0) is 12.8 Å². The number of aromatic nitrogens is 2. The molecular weight excluding hydrogens is 318 g/mol. The number of piperidine rings is 1. The van der Waals surface area contributed by atoms with E-state index < -0.39 is 0 Å². The van der Waals surface area contributed by atoms with Crippen molar-refractivity contribution >= 4 is 24.2 Å². The van der Waals surface area contributed by atoms with Gasteiger partial charge in [0.1, 0.15) is 5.69 Å². The van der Waals surface area contributed by atoms with Crippen LogP contribution in [0.4, 0.5) is 0 Å². The molecule has 2 amide bonds. The lowest BCUT2D eigenvalue weighted by Crippen LogP contribution is -2.52. The number of rotatable bonds is 2.